The van der Waals surface area contributed by atoms with Gasteiger partial charge in [0.2, 0.25) is 5.88 Å². The van der Waals surface area contributed by atoms with Crippen LogP contribution in [-0.2, 0) is 7.05 Å². The summed E-state index contributed by atoms with van der Waals surface area (Å²) in [6.07, 6.45) is 4.91. The Bertz CT molecular complexity index is 509. The fourth-order valence-corrected chi connectivity index (χ4v) is 1.35. The summed E-state index contributed by atoms with van der Waals surface area (Å²) in [7, 11) is 1.83. The highest BCUT2D eigenvalue weighted by atomic mass is 16.5. The Hall–Kier alpha value is -2.31. The lowest BCUT2D eigenvalue weighted by molar-refractivity contribution is 0.328. The van der Waals surface area contributed by atoms with Crippen LogP contribution in [0.4, 0.5) is 17.2 Å². The van der Waals surface area contributed by atoms with Crippen LogP contribution in [0.1, 0.15) is 6.92 Å². The lowest BCUT2D eigenvalue weighted by Gasteiger charge is -2.09. The van der Waals surface area contributed by atoms with E-state index < -0.39 is 0 Å². The Morgan fingerprint density at radius 3 is 2.94 bits per heavy atom. The van der Waals surface area contributed by atoms with Gasteiger partial charge in [0.05, 0.1) is 18.5 Å². The highest BCUT2D eigenvalue weighted by molar-refractivity contribution is 5.71. The molecule has 2 aromatic heterocycles. The van der Waals surface area contributed by atoms with Gasteiger partial charge < -0.3 is 15.8 Å². The Kier molecular flexibility index (Phi) is 3.08. The molecule has 7 nitrogen and oxygen atoms in total. The molecule has 0 radical (unpaired) electrons. The predicted molar refractivity (Wildman–Crippen MR) is 64.1 cm³/mol. The summed E-state index contributed by atoms with van der Waals surface area (Å²) in [5, 5.41) is 7.09. The predicted octanol–water partition coefficient (Wildman–Crippen LogP) is 0.935. The molecule has 0 atom stereocenters. The van der Waals surface area contributed by atoms with Gasteiger partial charge in [0.1, 0.15) is 12.0 Å². The number of rotatable bonds is 4. The van der Waals surface area contributed by atoms with Crippen molar-refractivity contribution in [3.63, 3.8) is 0 Å². The first-order valence-electron chi connectivity index (χ1n) is 5.19. The van der Waals surface area contributed by atoms with Crippen molar-refractivity contribution in [2.75, 3.05) is 17.7 Å². The first kappa shape index (κ1) is 11.2. The van der Waals surface area contributed by atoms with Gasteiger partial charge in [-0.15, -0.1) is 0 Å². The minimum absolute atomic E-state index is 0.383. The molecule has 90 valence electrons. The first-order valence-corrected chi connectivity index (χ1v) is 5.19. The van der Waals surface area contributed by atoms with Crippen molar-refractivity contribution < 1.29 is 4.74 Å². The molecule has 0 unspecified atom stereocenters. The third-order valence-corrected chi connectivity index (χ3v) is 2.10. The summed E-state index contributed by atoms with van der Waals surface area (Å²) in [6.45, 7) is 2.38. The van der Waals surface area contributed by atoms with E-state index in [4.69, 9.17) is 10.5 Å². The summed E-state index contributed by atoms with van der Waals surface area (Å²) in [5.74, 6) is 0.894. The number of aromatic nitrogens is 4. The molecule has 0 aromatic carbocycles. The zero-order valence-corrected chi connectivity index (χ0v) is 9.71. The third-order valence-electron chi connectivity index (χ3n) is 2.10. The van der Waals surface area contributed by atoms with Crippen molar-refractivity contribution in [3.05, 3.63) is 18.7 Å². The van der Waals surface area contributed by atoms with E-state index in [-0.39, 0.29) is 0 Å². The van der Waals surface area contributed by atoms with Gasteiger partial charge in [-0.25, -0.2) is 4.98 Å². The van der Waals surface area contributed by atoms with Crippen molar-refractivity contribution in [3.8, 4) is 5.88 Å². The van der Waals surface area contributed by atoms with E-state index in [2.05, 4.69) is 20.4 Å². The zero-order chi connectivity index (χ0) is 12.3. The Labute approximate surface area is 98.6 Å². The maximum atomic E-state index is 5.88. The number of aryl methyl sites for hydroxylation is 1. The van der Waals surface area contributed by atoms with Crippen LogP contribution >= 0.6 is 0 Å². The largest absolute Gasteiger partial charge is 0.476 e. The highest BCUT2D eigenvalue weighted by Gasteiger charge is 2.09. The molecular formula is C10H14N6O. The number of anilines is 3. The number of ether oxygens (including phenoxy) is 1. The zero-order valence-electron chi connectivity index (χ0n) is 9.71. The van der Waals surface area contributed by atoms with Crippen LogP contribution in [0, 0.1) is 0 Å². The highest BCUT2D eigenvalue weighted by Crippen LogP contribution is 2.26. The molecular weight excluding hydrogens is 220 g/mol. The van der Waals surface area contributed by atoms with Crippen LogP contribution in [0.15, 0.2) is 18.7 Å². The number of nitrogen functional groups attached to an aromatic ring is 1. The fraction of sp³-hybridized carbons (Fsp3) is 0.300. The van der Waals surface area contributed by atoms with Crippen LogP contribution in [0.2, 0.25) is 0 Å². The molecule has 0 aliphatic carbocycles. The number of nitrogens with zero attached hydrogens (tertiary/aromatic N) is 4. The average molecular weight is 234 g/mol. The van der Waals surface area contributed by atoms with E-state index in [9.17, 15) is 0 Å². The van der Waals surface area contributed by atoms with E-state index in [1.165, 1.54) is 6.33 Å². The van der Waals surface area contributed by atoms with Crippen molar-refractivity contribution in [1.82, 2.24) is 19.7 Å². The summed E-state index contributed by atoms with van der Waals surface area (Å²) in [5.41, 5.74) is 7.08. The minimum Gasteiger partial charge on any atom is -0.476 e. The van der Waals surface area contributed by atoms with E-state index in [1.54, 1.807) is 10.9 Å². The van der Waals surface area contributed by atoms with Gasteiger partial charge >= 0.3 is 0 Å². The van der Waals surface area contributed by atoms with Crippen molar-refractivity contribution in [1.29, 1.82) is 0 Å². The summed E-state index contributed by atoms with van der Waals surface area (Å²) >= 11 is 0. The topological polar surface area (TPSA) is 90.9 Å². The summed E-state index contributed by atoms with van der Waals surface area (Å²) < 4.78 is 6.97. The number of nitrogens with one attached hydrogen (secondary N) is 1. The third kappa shape index (κ3) is 2.44. The quantitative estimate of drug-likeness (QED) is 0.818. The van der Waals surface area contributed by atoms with Crippen molar-refractivity contribution in [2.45, 2.75) is 6.92 Å². The minimum atomic E-state index is 0.383. The molecule has 17 heavy (non-hydrogen) atoms. The summed E-state index contributed by atoms with van der Waals surface area (Å²) in [4.78, 5) is 8.02. The van der Waals surface area contributed by atoms with Crippen LogP contribution in [0.3, 0.4) is 0 Å². The molecule has 0 amide bonds. The van der Waals surface area contributed by atoms with E-state index in [0.29, 0.717) is 24.0 Å². The second-order valence-electron chi connectivity index (χ2n) is 3.40. The lowest BCUT2D eigenvalue weighted by atomic mass is 10.4. The van der Waals surface area contributed by atoms with Gasteiger partial charge in [0, 0.05) is 13.2 Å². The molecule has 0 aliphatic rings. The standard InChI is InChI=1S/C10H14N6O/c1-3-17-10-8(11)9(12-6-13-10)15-7-4-14-16(2)5-7/h4-6H,3,11H2,1-2H3,(H,12,13,15). The van der Waals surface area contributed by atoms with E-state index >= 15 is 0 Å². The van der Waals surface area contributed by atoms with Gasteiger partial charge in [-0.2, -0.15) is 10.1 Å². The van der Waals surface area contributed by atoms with Crippen LogP contribution in [-0.4, -0.2) is 26.4 Å². The molecule has 7 heteroatoms. The maximum absolute atomic E-state index is 5.88. The monoisotopic (exact) mass is 234 g/mol. The van der Waals surface area contributed by atoms with Crippen molar-refractivity contribution >= 4 is 17.2 Å². The van der Waals surface area contributed by atoms with Gasteiger partial charge in [0.15, 0.2) is 5.82 Å². The Morgan fingerprint density at radius 1 is 1.47 bits per heavy atom. The van der Waals surface area contributed by atoms with E-state index in [1.807, 2.05) is 20.2 Å². The maximum Gasteiger partial charge on any atom is 0.242 e. The second-order valence-corrected chi connectivity index (χ2v) is 3.40. The van der Waals surface area contributed by atoms with Gasteiger partial charge in [0.25, 0.3) is 0 Å². The Balaban J connectivity index is 2.23. The van der Waals surface area contributed by atoms with E-state index in [0.717, 1.165) is 5.69 Å². The average Bonchev–Trinajstić information content (AvgIpc) is 2.70. The van der Waals surface area contributed by atoms with Gasteiger partial charge in [-0.05, 0) is 6.92 Å². The first-order chi connectivity index (χ1) is 8.20. The molecule has 2 heterocycles. The summed E-state index contributed by atoms with van der Waals surface area (Å²) in [6, 6.07) is 0. The van der Waals surface area contributed by atoms with Crippen LogP contribution in [0.25, 0.3) is 0 Å². The molecule has 0 saturated heterocycles. The SMILES string of the molecule is CCOc1ncnc(Nc2cnn(C)c2)c1N. The molecule has 0 spiro atoms. The van der Waals surface area contributed by atoms with Crippen molar-refractivity contribution in [2.24, 2.45) is 7.05 Å². The number of hydrogen-bond acceptors (Lipinski definition) is 6. The second kappa shape index (κ2) is 4.69. The molecule has 0 aliphatic heterocycles. The molecule has 3 N–H and O–H groups in total. The number of hydrogen-bond donors (Lipinski definition) is 2. The normalized spacial score (nSPS) is 10.2. The van der Waals surface area contributed by atoms with Crippen LogP contribution in [0.5, 0.6) is 5.88 Å². The Morgan fingerprint density at radius 2 is 2.29 bits per heavy atom. The molecule has 2 rings (SSSR count). The molecule has 0 saturated carbocycles. The molecule has 2 aromatic rings. The number of nitrogens with two attached hydrogens (primary N) is 1. The molecule has 0 bridgehead atoms. The van der Waals surface area contributed by atoms with Gasteiger partial charge in [-0.1, -0.05) is 0 Å². The molecule has 0 fully saturated rings. The fourth-order valence-electron chi connectivity index (χ4n) is 1.35. The lowest BCUT2D eigenvalue weighted by Crippen LogP contribution is -2.04. The van der Waals surface area contributed by atoms with Gasteiger partial charge in [-0.3, -0.25) is 4.68 Å². The van der Waals surface area contributed by atoms with Crippen LogP contribution < -0.4 is 15.8 Å². The smallest absolute Gasteiger partial charge is 0.242 e.